The van der Waals surface area contributed by atoms with E-state index in [-0.39, 0.29) is 23.5 Å². The molecule has 5 rings (SSSR count). The van der Waals surface area contributed by atoms with Crippen molar-refractivity contribution in [3.05, 3.63) is 47.5 Å². The van der Waals surface area contributed by atoms with Crippen molar-refractivity contribution in [1.29, 1.82) is 0 Å². The highest BCUT2D eigenvalue weighted by molar-refractivity contribution is 5.92. The summed E-state index contributed by atoms with van der Waals surface area (Å²) in [6, 6.07) is 8.75. The molecule has 0 spiro atoms. The third-order valence-corrected chi connectivity index (χ3v) is 5.70. The molecule has 2 bridgehead atoms. The average molecular weight is 342 g/mol. The van der Waals surface area contributed by atoms with E-state index < -0.39 is 0 Å². The highest BCUT2D eigenvalue weighted by atomic mass is 19.1. The maximum Gasteiger partial charge on any atom is 0.287 e. The number of hydrogen-bond acceptors (Lipinski definition) is 3. The molecule has 5 heteroatoms. The molecule has 25 heavy (non-hydrogen) atoms. The van der Waals surface area contributed by atoms with Gasteiger partial charge in [0.05, 0.1) is 5.56 Å². The second kappa shape index (κ2) is 6.30. The number of nitrogens with zero attached hydrogens (tertiary/aromatic N) is 1. The van der Waals surface area contributed by atoms with E-state index >= 15 is 0 Å². The lowest BCUT2D eigenvalue weighted by atomic mass is 9.79. The van der Waals surface area contributed by atoms with Gasteiger partial charge in [-0.2, -0.15) is 0 Å². The second-order valence-corrected chi connectivity index (χ2v) is 7.26. The monoisotopic (exact) mass is 342 g/mol. The zero-order chi connectivity index (χ0) is 17.6. The summed E-state index contributed by atoms with van der Waals surface area (Å²) in [4.78, 5) is 15.0. The molecule has 1 amide bonds. The number of aryl methyl sites for hydroxylation is 1. The fourth-order valence-electron chi connectivity index (χ4n) is 4.19. The van der Waals surface area contributed by atoms with Crippen molar-refractivity contribution < 1.29 is 13.6 Å². The van der Waals surface area contributed by atoms with Crippen LogP contribution < -0.4 is 5.32 Å². The van der Waals surface area contributed by atoms with Gasteiger partial charge in [-0.25, -0.2) is 4.39 Å². The minimum absolute atomic E-state index is 0.152. The van der Waals surface area contributed by atoms with Crippen LogP contribution in [0, 0.1) is 18.7 Å². The number of halogens is 1. The number of fused-ring (bicyclic) bond motifs is 3. The zero-order valence-electron chi connectivity index (χ0n) is 14.6. The normalized spacial score (nSPS) is 28.1. The smallest absolute Gasteiger partial charge is 0.287 e. The van der Waals surface area contributed by atoms with Crippen molar-refractivity contribution in [1.82, 2.24) is 10.2 Å². The molecule has 4 heterocycles. The SMILES string of the molecule is Cc1ccc(-c2ccc(C(=O)N[C@@H]3C4CCN(CC4)[C@@H]3C)o2)c(F)c1. The molecule has 2 atom stereocenters. The molecule has 2 aromatic rings. The number of rotatable bonds is 3. The van der Waals surface area contributed by atoms with Crippen molar-refractivity contribution in [2.45, 2.75) is 38.8 Å². The minimum Gasteiger partial charge on any atom is -0.451 e. The Balaban J connectivity index is 1.51. The molecule has 0 aliphatic carbocycles. The van der Waals surface area contributed by atoms with Crippen LogP contribution in [0.3, 0.4) is 0 Å². The molecule has 132 valence electrons. The van der Waals surface area contributed by atoms with E-state index in [2.05, 4.69) is 17.1 Å². The summed E-state index contributed by atoms with van der Waals surface area (Å²) in [6.45, 7) is 6.25. The van der Waals surface area contributed by atoms with Crippen LogP contribution in [0.25, 0.3) is 11.3 Å². The number of nitrogens with one attached hydrogen (secondary N) is 1. The summed E-state index contributed by atoms with van der Waals surface area (Å²) in [7, 11) is 0. The first kappa shape index (κ1) is 16.3. The number of carbonyl (C=O) groups excluding carboxylic acids is 1. The Morgan fingerprint density at radius 1 is 1.24 bits per heavy atom. The maximum absolute atomic E-state index is 14.1. The zero-order valence-corrected chi connectivity index (χ0v) is 14.6. The number of piperidine rings is 3. The van der Waals surface area contributed by atoms with E-state index in [0.717, 1.165) is 31.5 Å². The Morgan fingerprint density at radius 3 is 2.68 bits per heavy atom. The van der Waals surface area contributed by atoms with E-state index in [4.69, 9.17) is 4.42 Å². The molecule has 0 saturated carbocycles. The molecule has 3 saturated heterocycles. The lowest BCUT2D eigenvalue weighted by molar-refractivity contribution is 0.0211. The van der Waals surface area contributed by atoms with Gasteiger partial charge in [-0.3, -0.25) is 9.69 Å². The van der Waals surface area contributed by atoms with Gasteiger partial charge in [0, 0.05) is 12.1 Å². The summed E-state index contributed by atoms with van der Waals surface area (Å²) in [5, 5.41) is 3.14. The highest BCUT2D eigenvalue weighted by Crippen LogP contribution is 2.32. The summed E-state index contributed by atoms with van der Waals surface area (Å²) < 4.78 is 19.7. The van der Waals surface area contributed by atoms with Crippen LogP contribution in [0.1, 0.15) is 35.9 Å². The van der Waals surface area contributed by atoms with Gasteiger partial charge in [0.1, 0.15) is 11.6 Å². The van der Waals surface area contributed by atoms with Gasteiger partial charge in [-0.15, -0.1) is 0 Å². The minimum atomic E-state index is -0.340. The van der Waals surface area contributed by atoms with Crippen LogP contribution in [0.5, 0.6) is 0 Å². The molecule has 1 aromatic carbocycles. The van der Waals surface area contributed by atoms with Crippen molar-refractivity contribution in [2.24, 2.45) is 5.92 Å². The lowest BCUT2D eigenvalue weighted by Crippen LogP contribution is -2.62. The quantitative estimate of drug-likeness (QED) is 0.927. The second-order valence-electron chi connectivity index (χ2n) is 7.26. The van der Waals surface area contributed by atoms with E-state index in [1.54, 1.807) is 18.2 Å². The topological polar surface area (TPSA) is 45.5 Å². The molecule has 3 fully saturated rings. The average Bonchev–Trinajstić information content (AvgIpc) is 3.08. The molecule has 4 nitrogen and oxygen atoms in total. The Kier molecular flexibility index (Phi) is 4.12. The van der Waals surface area contributed by atoms with Crippen molar-refractivity contribution in [2.75, 3.05) is 13.1 Å². The van der Waals surface area contributed by atoms with Crippen molar-refractivity contribution >= 4 is 5.91 Å². The van der Waals surface area contributed by atoms with Gasteiger partial charge in [-0.1, -0.05) is 6.07 Å². The fourth-order valence-corrected chi connectivity index (χ4v) is 4.19. The van der Waals surface area contributed by atoms with Gasteiger partial charge in [0.15, 0.2) is 5.76 Å². The predicted octanol–water partition coefficient (Wildman–Crippen LogP) is 3.61. The van der Waals surface area contributed by atoms with E-state index in [1.807, 2.05) is 13.0 Å². The van der Waals surface area contributed by atoms with Crippen molar-refractivity contribution in [3.63, 3.8) is 0 Å². The Labute approximate surface area is 147 Å². The molecule has 3 aliphatic rings. The van der Waals surface area contributed by atoms with Crippen LogP contribution in [-0.2, 0) is 0 Å². The van der Waals surface area contributed by atoms with Gasteiger partial charge in [0.25, 0.3) is 5.91 Å². The van der Waals surface area contributed by atoms with Crippen LogP contribution in [0.4, 0.5) is 4.39 Å². The predicted molar refractivity (Wildman–Crippen MR) is 93.9 cm³/mol. The molecular weight excluding hydrogens is 319 g/mol. The Hall–Kier alpha value is -2.14. The molecule has 1 N–H and O–H groups in total. The number of carbonyl (C=O) groups is 1. The summed E-state index contributed by atoms with van der Waals surface area (Å²) in [5.74, 6) is 0.591. The van der Waals surface area contributed by atoms with Crippen LogP contribution in [-0.4, -0.2) is 36.0 Å². The molecule has 3 aliphatic heterocycles. The standard InChI is InChI=1S/C20H23FN2O2/c1-12-3-4-15(16(21)11-12)17-5-6-18(25-17)20(24)22-19-13(2)23-9-7-14(19)8-10-23/h3-6,11,13-14,19H,7-10H2,1-2H3,(H,22,24)/t13-,19+/m1/s1. The first-order chi connectivity index (χ1) is 12.0. The first-order valence-electron chi connectivity index (χ1n) is 8.94. The number of benzene rings is 1. The third-order valence-electron chi connectivity index (χ3n) is 5.70. The summed E-state index contributed by atoms with van der Waals surface area (Å²) in [5.41, 5.74) is 1.22. The van der Waals surface area contributed by atoms with Crippen LogP contribution in [0.15, 0.2) is 34.7 Å². The summed E-state index contributed by atoms with van der Waals surface area (Å²) in [6.07, 6.45) is 2.26. The van der Waals surface area contributed by atoms with Gasteiger partial charge in [0.2, 0.25) is 0 Å². The number of hydrogen-bond donors (Lipinski definition) is 1. The summed E-state index contributed by atoms with van der Waals surface area (Å²) >= 11 is 0. The van der Waals surface area contributed by atoms with Crippen LogP contribution in [0.2, 0.25) is 0 Å². The van der Waals surface area contributed by atoms with Crippen LogP contribution >= 0.6 is 0 Å². The molecule has 0 unspecified atom stereocenters. The number of amides is 1. The van der Waals surface area contributed by atoms with Gasteiger partial charge < -0.3 is 9.73 Å². The van der Waals surface area contributed by atoms with Gasteiger partial charge >= 0.3 is 0 Å². The Bertz CT molecular complexity index is 791. The van der Waals surface area contributed by atoms with E-state index in [1.165, 1.54) is 6.07 Å². The number of furan rings is 1. The molecule has 1 aromatic heterocycles. The first-order valence-corrected chi connectivity index (χ1v) is 8.94. The van der Waals surface area contributed by atoms with Gasteiger partial charge in [-0.05, 0) is 75.5 Å². The Morgan fingerprint density at radius 2 is 2.00 bits per heavy atom. The van der Waals surface area contributed by atoms with Crippen molar-refractivity contribution in [3.8, 4) is 11.3 Å². The largest absolute Gasteiger partial charge is 0.451 e. The third kappa shape index (κ3) is 2.97. The molecule has 0 radical (unpaired) electrons. The lowest BCUT2D eigenvalue weighted by Gasteiger charge is -2.49. The fraction of sp³-hybridized carbons (Fsp3) is 0.450. The molecular formula is C20H23FN2O2. The maximum atomic E-state index is 14.1. The van der Waals surface area contributed by atoms with E-state index in [9.17, 15) is 9.18 Å². The van der Waals surface area contributed by atoms with E-state index in [0.29, 0.717) is 23.3 Å². The highest BCUT2D eigenvalue weighted by Gasteiger charge is 2.40.